The number of benzene rings is 2. The van der Waals surface area contributed by atoms with E-state index < -0.39 is 5.97 Å². The standard InChI is InChI=1S/C18H16O3/c1-2-21-18(20)16-10-6-9-15(13-16)17(19)12-11-14-7-4-3-5-8-14/h3-13H,2H2,1H3. The maximum Gasteiger partial charge on any atom is 0.338 e. The molecule has 3 heteroatoms. The maximum atomic E-state index is 12.1. The lowest BCUT2D eigenvalue weighted by Crippen LogP contribution is -2.06. The van der Waals surface area contributed by atoms with E-state index >= 15 is 0 Å². The number of rotatable bonds is 5. The van der Waals surface area contributed by atoms with E-state index in [0.29, 0.717) is 17.7 Å². The van der Waals surface area contributed by atoms with Crippen LogP contribution >= 0.6 is 0 Å². The molecule has 0 N–H and O–H groups in total. The minimum absolute atomic E-state index is 0.148. The third kappa shape index (κ3) is 4.14. The molecule has 2 aromatic carbocycles. The molecule has 2 aromatic rings. The first-order valence-corrected chi connectivity index (χ1v) is 6.75. The molecule has 0 amide bonds. The first-order chi connectivity index (χ1) is 10.2. The Labute approximate surface area is 123 Å². The monoisotopic (exact) mass is 280 g/mol. The molecular weight excluding hydrogens is 264 g/mol. The first-order valence-electron chi connectivity index (χ1n) is 6.75. The topological polar surface area (TPSA) is 43.4 Å². The Morgan fingerprint density at radius 2 is 1.71 bits per heavy atom. The van der Waals surface area contributed by atoms with Gasteiger partial charge in [0.25, 0.3) is 0 Å². The van der Waals surface area contributed by atoms with Crippen molar-refractivity contribution in [1.29, 1.82) is 0 Å². The lowest BCUT2D eigenvalue weighted by molar-refractivity contribution is 0.0526. The molecule has 0 aliphatic heterocycles. The van der Waals surface area contributed by atoms with Gasteiger partial charge in [-0.25, -0.2) is 4.79 Å². The number of hydrogen-bond donors (Lipinski definition) is 0. The van der Waals surface area contributed by atoms with Crippen LogP contribution in [-0.4, -0.2) is 18.4 Å². The lowest BCUT2D eigenvalue weighted by atomic mass is 10.1. The van der Waals surface area contributed by atoms with Gasteiger partial charge < -0.3 is 4.74 Å². The van der Waals surface area contributed by atoms with Crippen molar-refractivity contribution in [2.75, 3.05) is 6.61 Å². The molecule has 0 aliphatic carbocycles. The van der Waals surface area contributed by atoms with Gasteiger partial charge in [0.2, 0.25) is 0 Å². The Hall–Kier alpha value is -2.68. The Morgan fingerprint density at radius 3 is 2.43 bits per heavy atom. The van der Waals surface area contributed by atoms with Crippen molar-refractivity contribution in [3.05, 3.63) is 77.4 Å². The molecule has 21 heavy (non-hydrogen) atoms. The zero-order valence-electron chi connectivity index (χ0n) is 11.8. The summed E-state index contributed by atoms with van der Waals surface area (Å²) in [7, 11) is 0. The van der Waals surface area contributed by atoms with E-state index in [1.54, 1.807) is 37.3 Å². The van der Waals surface area contributed by atoms with Crippen molar-refractivity contribution in [1.82, 2.24) is 0 Å². The summed E-state index contributed by atoms with van der Waals surface area (Å²) in [5.74, 6) is -0.566. The van der Waals surface area contributed by atoms with Crippen LogP contribution in [0.5, 0.6) is 0 Å². The second kappa shape index (κ2) is 7.20. The molecular formula is C18H16O3. The average Bonchev–Trinajstić information content (AvgIpc) is 2.54. The summed E-state index contributed by atoms with van der Waals surface area (Å²) in [5.41, 5.74) is 1.80. The summed E-state index contributed by atoms with van der Waals surface area (Å²) < 4.78 is 4.92. The van der Waals surface area contributed by atoms with Gasteiger partial charge in [0.1, 0.15) is 0 Å². The van der Waals surface area contributed by atoms with Gasteiger partial charge in [-0.3, -0.25) is 4.79 Å². The molecule has 0 aromatic heterocycles. The second-order valence-corrected chi connectivity index (χ2v) is 4.41. The van der Waals surface area contributed by atoms with Gasteiger partial charge in [0, 0.05) is 5.56 Å². The Balaban J connectivity index is 2.14. The van der Waals surface area contributed by atoms with Gasteiger partial charge in [-0.1, -0.05) is 48.5 Å². The maximum absolute atomic E-state index is 12.1. The van der Waals surface area contributed by atoms with E-state index in [1.165, 1.54) is 6.08 Å². The highest BCUT2D eigenvalue weighted by Gasteiger charge is 2.09. The molecule has 0 aliphatic rings. The van der Waals surface area contributed by atoms with Crippen LogP contribution in [0, 0.1) is 0 Å². The van der Waals surface area contributed by atoms with E-state index in [4.69, 9.17) is 4.74 Å². The summed E-state index contributed by atoms with van der Waals surface area (Å²) in [6, 6.07) is 16.1. The summed E-state index contributed by atoms with van der Waals surface area (Å²) in [5, 5.41) is 0. The number of hydrogen-bond acceptors (Lipinski definition) is 3. The van der Waals surface area contributed by atoms with Gasteiger partial charge in [-0.05, 0) is 30.7 Å². The van der Waals surface area contributed by atoms with Crippen molar-refractivity contribution in [2.24, 2.45) is 0 Å². The molecule has 0 saturated carbocycles. The van der Waals surface area contributed by atoms with Crippen LogP contribution in [0.25, 0.3) is 6.08 Å². The molecule has 2 rings (SSSR count). The Bertz CT molecular complexity index is 657. The highest BCUT2D eigenvalue weighted by Crippen LogP contribution is 2.10. The second-order valence-electron chi connectivity index (χ2n) is 4.41. The molecule has 106 valence electrons. The third-order valence-corrected chi connectivity index (χ3v) is 2.88. The molecule has 0 fully saturated rings. The van der Waals surface area contributed by atoms with Crippen molar-refractivity contribution < 1.29 is 14.3 Å². The fraction of sp³-hybridized carbons (Fsp3) is 0.111. The van der Waals surface area contributed by atoms with E-state index in [0.717, 1.165) is 5.56 Å². The van der Waals surface area contributed by atoms with E-state index in [9.17, 15) is 9.59 Å². The fourth-order valence-electron chi connectivity index (χ4n) is 1.85. The van der Waals surface area contributed by atoms with Crippen LogP contribution in [0.15, 0.2) is 60.7 Å². The SMILES string of the molecule is CCOC(=O)c1cccc(C(=O)C=Cc2ccccc2)c1. The average molecular weight is 280 g/mol. The minimum Gasteiger partial charge on any atom is -0.462 e. The molecule has 0 heterocycles. The van der Waals surface area contributed by atoms with E-state index in [1.807, 2.05) is 30.3 Å². The smallest absolute Gasteiger partial charge is 0.338 e. The molecule has 0 saturated heterocycles. The van der Waals surface area contributed by atoms with Gasteiger partial charge in [-0.2, -0.15) is 0 Å². The van der Waals surface area contributed by atoms with Gasteiger partial charge in [-0.15, -0.1) is 0 Å². The summed E-state index contributed by atoms with van der Waals surface area (Å²) in [6.07, 6.45) is 3.25. The van der Waals surface area contributed by atoms with E-state index in [2.05, 4.69) is 0 Å². The molecule has 0 atom stereocenters. The van der Waals surface area contributed by atoms with Crippen LogP contribution < -0.4 is 0 Å². The van der Waals surface area contributed by atoms with Crippen molar-refractivity contribution in [3.8, 4) is 0 Å². The number of carbonyl (C=O) groups is 2. The van der Waals surface area contributed by atoms with Gasteiger partial charge in [0.15, 0.2) is 5.78 Å². The third-order valence-electron chi connectivity index (χ3n) is 2.88. The number of ether oxygens (including phenoxy) is 1. The van der Waals surface area contributed by atoms with Gasteiger partial charge in [0.05, 0.1) is 12.2 Å². The van der Waals surface area contributed by atoms with Crippen LogP contribution in [-0.2, 0) is 4.74 Å². The highest BCUT2D eigenvalue weighted by molar-refractivity contribution is 6.07. The largest absolute Gasteiger partial charge is 0.462 e. The summed E-state index contributed by atoms with van der Waals surface area (Å²) in [6.45, 7) is 2.06. The molecule has 0 unspecified atom stereocenters. The van der Waals surface area contributed by atoms with Crippen LogP contribution in [0.4, 0.5) is 0 Å². The molecule has 0 bridgehead atoms. The summed E-state index contributed by atoms with van der Waals surface area (Å²) >= 11 is 0. The zero-order chi connectivity index (χ0) is 15.1. The first kappa shape index (κ1) is 14.7. The number of allylic oxidation sites excluding steroid dienone is 1. The van der Waals surface area contributed by atoms with Gasteiger partial charge >= 0.3 is 5.97 Å². The fourth-order valence-corrected chi connectivity index (χ4v) is 1.85. The van der Waals surface area contributed by atoms with Crippen LogP contribution in [0.1, 0.15) is 33.2 Å². The molecule has 0 radical (unpaired) electrons. The molecule has 0 spiro atoms. The highest BCUT2D eigenvalue weighted by atomic mass is 16.5. The van der Waals surface area contributed by atoms with Crippen molar-refractivity contribution in [3.63, 3.8) is 0 Å². The predicted octanol–water partition coefficient (Wildman–Crippen LogP) is 3.76. The molecule has 3 nitrogen and oxygen atoms in total. The Kier molecular flexibility index (Phi) is 5.04. The Morgan fingerprint density at radius 1 is 1.00 bits per heavy atom. The quantitative estimate of drug-likeness (QED) is 0.476. The van der Waals surface area contributed by atoms with E-state index in [-0.39, 0.29) is 5.78 Å². The number of ketones is 1. The van der Waals surface area contributed by atoms with Crippen LogP contribution in [0.2, 0.25) is 0 Å². The van der Waals surface area contributed by atoms with Crippen molar-refractivity contribution >= 4 is 17.8 Å². The van der Waals surface area contributed by atoms with Crippen LogP contribution in [0.3, 0.4) is 0 Å². The van der Waals surface area contributed by atoms with Crippen molar-refractivity contribution in [2.45, 2.75) is 6.92 Å². The lowest BCUT2D eigenvalue weighted by Gasteiger charge is -2.03. The number of esters is 1. The number of carbonyl (C=O) groups excluding carboxylic acids is 2. The predicted molar refractivity (Wildman–Crippen MR) is 82.2 cm³/mol. The minimum atomic E-state index is -0.417. The zero-order valence-corrected chi connectivity index (χ0v) is 11.8. The normalized spacial score (nSPS) is 10.5. The summed E-state index contributed by atoms with van der Waals surface area (Å²) in [4.78, 5) is 23.8.